The molecular weight excluding hydrogens is 410 g/mol. The zero-order chi connectivity index (χ0) is 20.5. The van der Waals surface area contributed by atoms with Gasteiger partial charge in [-0.3, -0.25) is 0 Å². The molecule has 1 aromatic heterocycles. The summed E-state index contributed by atoms with van der Waals surface area (Å²) in [7, 11) is 1.83. The van der Waals surface area contributed by atoms with Crippen LogP contribution < -0.4 is 14.8 Å². The first-order valence-electron chi connectivity index (χ1n) is 9.34. The maximum Gasteiger partial charge on any atom is 0.209 e. The van der Waals surface area contributed by atoms with Gasteiger partial charge in [0.15, 0.2) is 11.5 Å². The Hall–Kier alpha value is -2.29. The minimum Gasteiger partial charge on any atom is -0.490 e. The average Bonchev–Trinajstić information content (AvgIpc) is 3.12. The molecule has 0 amide bonds. The number of halogens is 1. The Morgan fingerprint density at radius 3 is 2.76 bits per heavy atom. The van der Waals surface area contributed by atoms with E-state index in [1.54, 1.807) is 16.4 Å². The Balaban J connectivity index is 1.50. The van der Waals surface area contributed by atoms with Gasteiger partial charge in [-0.2, -0.15) is 0 Å². The molecule has 0 bridgehead atoms. The number of nitrogens with one attached hydrogen (secondary N) is 1. The SMILES string of the molecule is CCOc1cc(CNCCSc2nnnn2C)ccc1OCc1cccc(Cl)c1. The molecule has 0 atom stereocenters. The highest BCUT2D eigenvalue weighted by Crippen LogP contribution is 2.29. The molecule has 0 aliphatic carbocycles. The highest BCUT2D eigenvalue weighted by atomic mass is 35.5. The number of hydrogen-bond donors (Lipinski definition) is 1. The highest BCUT2D eigenvalue weighted by Gasteiger charge is 2.08. The van der Waals surface area contributed by atoms with Crippen LogP contribution in [0, 0.1) is 0 Å². The topological polar surface area (TPSA) is 74.1 Å². The van der Waals surface area contributed by atoms with Gasteiger partial charge in [-0.15, -0.1) is 5.10 Å². The fourth-order valence-electron chi connectivity index (χ4n) is 2.63. The lowest BCUT2D eigenvalue weighted by molar-refractivity contribution is 0.269. The first-order valence-corrected chi connectivity index (χ1v) is 10.7. The molecular formula is C20H24ClN5O2S. The number of aromatic nitrogens is 4. The first-order chi connectivity index (χ1) is 14.2. The lowest BCUT2D eigenvalue weighted by Gasteiger charge is -2.14. The van der Waals surface area contributed by atoms with Gasteiger partial charge in [0.25, 0.3) is 0 Å². The minimum atomic E-state index is 0.437. The van der Waals surface area contributed by atoms with Crippen LogP contribution in [-0.4, -0.2) is 39.1 Å². The van der Waals surface area contributed by atoms with Gasteiger partial charge in [-0.1, -0.05) is 41.6 Å². The van der Waals surface area contributed by atoms with Crippen molar-refractivity contribution in [3.8, 4) is 11.5 Å². The maximum atomic E-state index is 6.04. The lowest BCUT2D eigenvalue weighted by atomic mass is 10.2. The van der Waals surface area contributed by atoms with Crippen molar-refractivity contribution in [3.63, 3.8) is 0 Å². The van der Waals surface area contributed by atoms with Crippen LogP contribution in [0.4, 0.5) is 0 Å². The van der Waals surface area contributed by atoms with E-state index in [2.05, 4.69) is 20.8 Å². The van der Waals surface area contributed by atoms with E-state index in [0.717, 1.165) is 46.6 Å². The van der Waals surface area contributed by atoms with E-state index in [-0.39, 0.29) is 0 Å². The fourth-order valence-corrected chi connectivity index (χ4v) is 3.59. The van der Waals surface area contributed by atoms with E-state index in [0.29, 0.717) is 18.2 Å². The summed E-state index contributed by atoms with van der Waals surface area (Å²) < 4.78 is 13.4. The number of thioether (sulfide) groups is 1. The second-order valence-electron chi connectivity index (χ2n) is 6.24. The van der Waals surface area contributed by atoms with Crippen LogP contribution in [0.3, 0.4) is 0 Å². The predicted molar refractivity (Wildman–Crippen MR) is 115 cm³/mol. The molecule has 3 aromatic rings. The summed E-state index contributed by atoms with van der Waals surface area (Å²) in [4.78, 5) is 0. The summed E-state index contributed by atoms with van der Waals surface area (Å²) in [5, 5.41) is 16.3. The van der Waals surface area contributed by atoms with Crippen molar-refractivity contribution in [2.45, 2.75) is 25.2 Å². The minimum absolute atomic E-state index is 0.437. The molecule has 0 spiro atoms. The van der Waals surface area contributed by atoms with E-state index >= 15 is 0 Å². The summed E-state index contributed by atoms with van der Waals surface area (Å²) in [6.45, 7) is 4.56. The Morgan fingerprint density at radius 2 is 2.00 bits per heavy atom. The molecule has 0 unspecified atom stereocenters. The van der Waals surface area contributed by atoms with Crippen molar-refractivity contribution in [1.82, 2.24) is 25.5 Å². The van der Waals surface area contributed by atoms with Crippen LogP contribution in [0.1, 0.15) is 18.1 Å². The van der Waals surface area contributed by atoms with Crippen LogP contribution in [0.2, 0.25) is 5.02 Å². The van der Waals surface area contributed by atoms with Crippen molar-refractivity contribution in [1.29, 1.82) is 0 Å². The lowest BCUT2D eigenvalue weighted by Crippen LogP contribution is -2.17. The van der Waals surface area contributed by atoms with Gasteiger partial charge >= 0.3 is 0 Å². The summed E-state index contributed by atoms with van der Waals surface area (Å²) in [6, 6.07) is 13.7. The largest absolute Gasteiger partial charge is 0.490 e. The number of rotatable bonds is 11. The van der Waals surface area contributed by atoms with Gasteiger partial charge in [0.1, 0.15) is 6.61 Å². The van der Waals surface area contributed by atoms with Crippen molar-refractivity contribution < 1.29 is 9.47 Å². The predicted octanol–water partition coefficient (Wildman–Crippen LogP) is 3.72. The molecule has 29 heavy (non-hydrogen) atoms. The zero-order valence-corrected chi connectivity index (χ0v) is 18.0. The summed E-state index contributed by atoms with van der Waals surface area (Å²) in [5.41, 5.74) is 2.15. The van der Waals surface area contributed by atoms with Crippen molar-refractivity contribution in [2.24, 2.45) is 7.05 Å². The Labute approximate surface area is 179 Å². The number of ether oxygens (including phenoxy) is 2. The number of tetrazole rings is 1. The van der Waals surface area contributed by atoms with Crippen molar-refractivity contribution in [2.75, 3.05) is 18.9 Å². The molecule has 154 valence electrons. The molecule has 3 rings (SSSR count). The van der Waals surface area contributed by atoms with E-state index in [9.17, 15) is 0 Å². The Morgan fingerprint density at radius 1 is 1.10 bits per heavy atom. The molecule has 0 aliphatic rings. The van der Waals surface area contributed by atoms with E-state index < -0.39 is 0 Å². The number of benzene rings is 2. The molecule has 1 heterocycles. The smallest absolute Gasteiger partial charge is 0.209 e. The number of nitrogens with zero attached hydrogens (tertiary/aromatic N) is 4. The third-order valence-electron chi connectivity index (χ3n) is 4.01. The quantitative estimate of drug-likeness (QED) is 0.365. The van der Waals surface area contributed by atoms with Crippen LogP contribution in [0.15, 0.2) is 47.6 Å². The molecule has 2 aromatic carbocycles. The van der Waals surface area contributed by atoms with E-state index in [4.69, 9.17) is 21.1 Å². The molecule has 7 nitrogen and oxygen atoms in total. The Bertz CT molecular complexity index is 921. The molecule has 1 N–H and O–H groups in total. The molecule has 0 fully saturated rings. The first kappa shape index (κ1) is 21.4. The van der Waals surface area contributed by atoms with Gasteiger partial charge < -0.3 is 14.8 Å². The molecule has 0 radical (unpaired) electrons. The average molecular weight is 434 g/mol. The van der Waals surface area contributed by atoms with Crippen LogP contribution in [0.25, 0.3) is 0 Å². The number of hydrogen-bond acceptors (Lipinski definition) is 7. The summed E-state index contributed by atoms with van der Waals surface area (Å²) in [6.07, 6.45) is 0. The number of aryl methyl sites for hydroxylation is 1. The molecule has 9 heteroatoms. The van der Waals surface area contributed by atoms with Crippen LogP contribution in [-0.2, 0) is 20.2 Å². The Kier molecular flexibility index (Phi) is 8.15. The molecule has 0 aliphatic heterocycles. The standard InChI is InChI=1S/C20H24ClN5O2S/c1-3-27-19-12-15(13-22-9-10-29-20-23-24-25-26(20)2)7-8-18(19)28-14-16-5-4-6-17(21)11-16/h4-8,11-12,22H,3,9-10,13-14H2,1-2H3. The van der Waals surface area contributed by atoms with E-state index in [1.807, 2.05) is 56.4 Å². The molecule has 0 saturated carbocycles. The fraction of sp³-hybridized carbons (Fsp3) is 0.350. The monoisotopic (exact) mass is 433 g/mol. The summed E-state index contributed by atoms with van der Waals surface area (Å²) in [5.74, 6) is 2.35. The van der Waals surface area contributed by atoms with E-state index in [1.165, 1.54) is 0 Å². The van der Waals surface area contributed by atoms with Crippen molar-refractivity contribution in [3.05, 3.63) is 58.6 Å². The third-order valence-corrected chi connectivity index (χ3v) is 5.26. The second kappa shape index (κ2) is 11.0. The van der Waals surface area contributed by atoms with Gasteiger partial charge in [-0.25, -0.2) is 4.68 Å². The van der Waals surface area contributed by atoms with Gasteiger partial charge in [0.2, 0.25) is 5.16 Å². The van der Waals surface area contributed by atoms with Crippen molar-refractivity contribution >= 4 is 23.4 Å². The van der Waals surface area contributed by atoms with Gasteiger partial charge in [-0.05, 0) is 52.7 Å². The highest BCUT2D eigenvalue weighted by molar-refractivity contribution is 7.99. The van der Waals surface area contributed by atoms with Crippen LogP contribution >= 0.6 is 23.4 Å². The molecule has 0 saturated heterocycles. The normalized spacial score (nSPS) is 10.9. The van der Waals surface area contributed by atoms with Gasteiger partial charge in [0.05, 0.1) is 6.61 Å². The van der Waals surface area contributed by atoms with Crippen LogP contribution in [0.5, 0.6) is 11.5 Å². The zero-order valence-electron chi connectivity index (χ0n) is 16.5. The second-order valence-corrected chi connectivity index (χ2v) is 7.74. The third kappa shape index (κ3) is 6.62. The summed E-state index contributed by atoms with van der Waals surface area (Å²) >= 11 is 7.65. The van der Waals surface area contributed by atoms with Gasteiger partial charge in [0, 0.05) is 30.9 Å². The maximum absolute atomic E-state index is 6.04.